The summed E-state index contributed by atoms with van der Waals surface area (Å²) < 4.78 is 40.0. The van der Waals surface area contributed by atoms with Crippen molar-refractivity contribution in [2.45, 2.75) is 5.92 Å². The van der Waals surface area contributed by atoms with Crippen molar-refractivity contribution < 1.29 is 13.2 Å². The van der Waals surface area contributed by atoms with E-state index in [1.807, 2.05) is 12.1 Å². The van der Waals surface area contributed by atoms with E-state index in [0.717, 1.165) is 23.5 Å². The minimum absolute atomic E-state index is 0.339. The predicted molar refractivity (Wildman–Crippen MR) is 68.8 cm³/mol. The highest BCUT2D eigenvalue weighted by atomic mass is 19.2. The first-order chi connectivity index (χ1) is 9.66. The van der Waals surface area contributed by atoms with E-state index in [-0.39, 0.29) is 0 Å². The van der Waals surface area contributed by atoms with Crippen molar-refractivity contribution in [3.05, 3.63) is 83.2 Å². The molecule has 0 aliphatic heterocycles. The van der Waals surface area contributed by atoms with E-state index in [9.17, 15) is 13.2 Å². The molecular weight excluding hydrogens is 265 g/mol. The lowest BCUT2D eigenvalue weighted by atomic mass is 9.92. The second-order valence-electron chi connectivity index (χ2n) is 4.48. The average molecular weight is 276 g/mol. The van der Waals surface area contributed by atoms with Crippen molar-refractivity contribution in [1.29, 1.82) is 0 Å². The van der Waals surface area contributed by atoms with E-state index in [2.05, 4.69) is 9.97 Å². The van der Waals surface area contributed by atoms with Crippen molar-refractivity contribution in [2.75, 3.05) is 0 Å². The lowest BCUT2D eigenvalue weighted by Gasteiger charge is -2.16. The summed E-state index contributed by atoms with van der Waals surface area (Å²) >= 11 is 0. The highest BCUT2D eigenvalue weighted by Crippen LogP contribution is 2.31. The van der Waals surface area contributed by atoms with Crippen molar-refractivity contribution in [1.82, 2.24) is 9.97 Å². The average Bonchev–Trinajstić information content (AvgIpc) is 3.09. The van der Waals surface area contributed by atoms with Gasteiger partial charge in [-0.25, -0.2) is 13.2 Å². The van der Waals surface area contributed by atoms with Gasteiger partial charge in [0.05, 0.1) is 5.92 Å². The van der Waals surface area contributed by atoms with Crippen LogP contribution in [0.15, 0.2) is 48.8 Å². The summed E-state index contributed by atoms with van der Waals surface area (Å²) in [5.74, 6) is -4.25. The Balaban J connectivity index is 2.16. The number of hydrogen-bond acceptors (Lipinski definition) is 0. The highest BCUT2D eigenvalue weighted by molar-refractivity contribution is 5.38. The third-order valence-corrected chi connectivity index (χ3v) is 3.21. The molecule has 3 aromatic rings. The molecule has 0 saturated heterocycles. The molecule has 0 unspecified atom stereocenters. The minimum atomic E-state index is -1.45. The summed E-state index contributed by atoms with van der Waals surface area (Å²) in [7, 11) is 0. The smallest absolute Gasteiger partial charge is 0.194 e. The number of H-pyrrole nitrogens is 2. The second-order valence-corrected chi connectivity index (χ2v) is 4.48. The summed E-state index contributed by atoms with van der Waals surface area (Å²) in [5.41, 5.74) is 1.86. The van der Waals surface area contributed by atoms with Gasteiger partial charge in [-0.2, -0.15) is 0 Å². The Morgan fingerprint density at radius 1 is 0.800 bits per heavy atom. The van der Waals surface area contributed by atoms with Gasteiger partial charge in [-0.1, -0.05) is 0 Å². The molecule has 0 bridgehead atoms. The van der Waals surface area contributed by atoms with Crippen LogP contribution in [0.3, 0.4) is 0 Å². The minimum Gasteiger partial charge on any atom is -0.364 e. The van der Waals surface area contributed by atoms with Gasteiger partial charge in [-0.15, -0.1) is 0 Å². The molecule has 2 N–H and O–H groups in total. The van der Waals surface area contributed by atoms with Crippen LogP contribution in [0.5, 0.6) is 0 Å². The fraction of sp³-hybridized carbons (Fsp3) is 0.0667. The summed E-state index contributed by atoms with van der Waals surface area (Å²) in [6, 6.07) is 9.24. The predicted octanol–water partition coefficient (Wildman–Crippen LogP) is 3.94. The summed E-state index contributed by atoms with van der Waals surface area (Å²) in [5, 5.41) is 0. The number of nitrogens with one attached hydrogen (secondary N) is 2. The second kappa shape index (κ2) is 4.92. The molecular formula is C15H11F3N2. The fourth-order valence-corrected chi connectivity index (χ4v) is 2.32. The molecule has 5 heteroatoms. The molecule has 0 aliphatic rings. The first kappa shape index (κ1) is 12.6. The van der Waals surface area contributed by atoms with Crippen LogP contribution in [-0.2, 0) is 0 Å². The zero-order valence-corrected chi connectivity index (χ0v) is 10.3. The van der Waals surface area contributed by atoms with Crippen LogP contribution in [0, 0.1) is 17.5 Å². The zero-order valence-electron chi connectivity index (χ0n) is 10.3. The molecule has 0 radical (unpaired) electrons. The highest BCUT2D eigenvalue weighted by Gasteiger charge is 2.22. The van der Waals surface area contributed by atoms with Gasteiger partial charge in [0.15, 0.2) is 17.5 Å². The molecule has 102 valence electrons. The van der Waals surface area contributed by atoms with Crippen LogP contribution in [-0.4, -0.2) is 9.97 Å². The van der Waals surface area contributed by atoms with Crippen LogP contribution in [0.1, 0.15) is 22.9 Å². The molecule has 0 saturated carbocycles. The van der Waals surface area contributed by atoms with E-state index < -0.39 is 23.4 Å². The lowest BCUT2D eigenvalue weighted by Crippen LogP contribution is -2.06. The number of benzene rings is 1. The van der Waals surface area contributed by atoms with Gasteiger partial charge >= 0.3 is 0 Å². The van der Waals surface area contributed by atoms with E-state index in [4.69, 9.17) is 0 Å². The van der Waals surface area contributed by atoms with Gasteiger partial charge in [0.25, 0.3) is 0 Å². The molecule has 20 heavy (non-hydrogen) atoms. The Morgan fingerprint density at radius 3 is 1.70 bits per heavy atom. The number of rotatable bonds is 3. The third kappa shape index (κ3) is 2.11. The maximum Gasteiger partial charge on any atom is 0.194 e. The Kier molecular flexibility index (Phi) is 3.10. The van der Waals surface area contributed by atoms with Crippen LogP contribution in [0.2, 0.25) is 0 Å². The summed E-state index contributed by atoms with van der Waals surface area (Å²) in [6.07, 6.45) is 3.45. The quantitative estimate of drug-likeness (QED) is 0.679. The molecule has 2 nitrogen and oxygen atoms in total. The molecule has 2 heterocycles. The van der Waals surface area contributed by atoms with Crippen LogP contribution in [0.25, 0.3) is 0 Å². The van der Waals surface area contributed by atoms with E-state index in [1.54, 1.807) is 24.5 Å². The molecule has 2 aromatic heterocycles. The van der Waals surface area contributed by atoms with Gasteiger partial charge in [0.2, 0.25) is 0 Å². The van der Waals surface area contributed by atoms with Crippen LogP contribution in [0.4, 0.5) is 13.2 Å². The van der Waals surface area contributed by atoms with Crippen molar-refractivity contribution in [2.24, 2.45) is 0 Å². The maximum absolute atomic E-state index is 13.4. The SMILES string of the molecule is Fc1cc(C(c2ccc[nH]2)c2ccc[nH]2)cc(F)c1F. The van der Waals surface area contributed by atoms with Gasteiger partial charge in [0.1, 0.15) is 0 Å². The normalized spacial score (nSPS) is 11.2. The molecule has 0 spiro atoms. The first-order valence-corrected chi connectivity index (χ1v) is 6.08. The van der Waals surface area contributed by atoms with Gasteiger partial charge in [0, 0.05) is 23.8 Å². The summed E-state index contributed by atoms with van der Waals surface area (Å²) in [6.45, 7) is 0. The Labute approximate surface area is 113 Å². The van der Waals surface area contributed by atoms with Gasteiger partial charge in [-0.05, 0) is 42.0 Å². The Morgan fingerprint density at radius 2 is 1.30 bits per heavy atom. The van der Waals surface area contributed by atoms with E-state index in [1.165, 1.54) is 0 Å². The largest absolute Gasteiger partial charge is 0.364 e. The molecule has 0 aliphatic carbocycles. The van der Waals surface area contributed by atoms with Crippen LogP contribution < -0.4 is 0 Å². The molecule has 1 aromatic carbocycles. The standard InChI is InChI=1S/C15H11F3N2/c16-10-7-9(8-11(17)15(10)18)14(12-3-1-5-19-12)13-4-2-6-20-13/h1-8,14,19-20H. The molecule has 0 amide bonds. The van der Waals surface area contributed by atoms with Gasteiger partial charge < -0.3 is 9.97 Å². The van der Waals surface area contributed by atoms with E-state index in [0.29, 0.717) is 5.56 Å². The number of aromatic amines is 2. The number of aromatic nitrogens is 2. The topological polar surface area (TPSA) is 31.6 Å². The van der Waals surface area contributed by atoms with E-state index >= 15 is 0 Å². The monoisotopic (exact) mass is 276 g/mol. The lowest BCUT2D eigenvalue weighted by molar-refractivity contribution is 0.445. The maximum atomic E-state index is 13.4. The van der Waals surface area contributed by atoms with Crippen molar-refractivity contribution >= 4 is 0 Å². The number of halogens is 3. The third-order valence-electron chi connectivity index (χ3n) is 3.21. The molecule has 3 rings (SSSR count). The molecule has 0 atom stereocenters. The Hall–Kier alpha value is -2.43. The summed E-state index contributed by atoms with van der Waals surface area (Å²) in [4.78, 5) is 6.04. The van der Waals surface area contributed by atoms with Crippen LogP contribution >= 0.6 is 0 Å². The fourth-order valence-electron chi connectivity index (χ4n) is 2.32. The molecule has 0 fully saturated rings. The van der Waals surface area contributed by atoms with Crippen molar-refractivity contribution in [3.8, 4) is 0 Å². The Bertz CT molecular complexity index is 646. The zero-order chi connectivity index (χ0) is 14.1. The first-order valence-electron chi connectivity index (χ1n) is 6.08. The number of hydrogen-bond donors (Lipinski definition) is 2. The van der Waals surface area contributed by atoms with Crippen molar-refractivity contribution in [3.63, 3.8) is 0 Å². The van der Waals surface area contributed by atoms with Gasteiger partial charge in [-0.3, -0.25) is 0 Å².